The minimum atomic E-state index is -0.361. The highest BCUT2D eigenvalue weighted by Crippen LogP contribution is 2.29. The van der Waals surface area contributed by atoms with Crippen molar-refractivity contribution in [1.82, 2.24) is 24.6 Å². The van der Waals surface area contributed by atoms with E-state index in [4.69, 9.17) is 4.42 Å². The van der Waals surface area contributed by atoms with Gasteiger partial charge in [-0.3, -0.25) is 9.36 Å². The fraction of sp³-hybridized carbons (Fsp3) is 0.333. The van der Waals surface area contributed by atoms with Crippen molar-refractivity contribution in [3.05, 3.63) is 53.9 Å². The number of fused-ring (bicyclic) bond motifs is 1. The molecule has 1 aliphatic rings. The quantitative estimate of drug-likeness (QED) is 0.730. The van der Waals surface area contributed by atoms with Crippen LogP contribution in [-0.2, 0) is 17.8 Å². The summed E-state index contributed by atoms with van der Waals surface area (Å²) in [4.78, 5) is 18.9. The zero-order valence-electron chi connectivity index (χ0n) is 14.2. The second kappa shape index (κ2) is 6.16. The average Bonchev–Trinajstić information content (AvgIpc) is 3.23. The number of oxazole rings is 1. The number of benzene rings is 1. The highest BCUT2D eigenvalue weighted by atomic mass is 16.3. The van der Waals surface area contributed by atoms with Crippen molar-refractivity contribution in [3.8, 4) is 11.5 Å². The zero-order chi connectivity index (χ0) is 17.4. The van der Waals surface area contributed by atoms with E-state index in [0.29, 0.717) is 30.4 Å². The van der Waals surface area contributed by atoms with Crippen LogP contribution in [0.3, 0.4) is 0 Å². The topological polar surface area (TPSA) is 77.0 Å². The maximum Gasteiger partial charge on any atom is 0.245 e. The highest BCUT2D eigenvalue weighted by molar-refractivity contribution is 5.82. The Morgan fingerprint density at radius 1 is 1.24 bits per heavy atom. The molecule has 0 spiro atoms. The maximum atomic E-state index is 12.8. The lowest BCUT2D eigenvalue weighted by Gasteiger charge is -2.32. The molecule has 0 N–H and O–H groups in total. The van der Waals surface area contributed by atoms with Crippen LogP contribution in [0.5, 0.6) is 0 Å². The molecule has 3 heterocycles. The Morgan fingerprint density at radius 2 is 2.04 bits per heavy atom. The van der Waals surface area contributed by atoms with Crippen LogP contribution >= 0.6 is 0 Å². The predicted molar refractivity (Wildman–Crippen MR) is 90.5 cm³/mol. The highest BCUT2D eigenvalue weighted by Gasteiger charge is 2.34. The summed E-state index contributed by atoms with van der Waals surface area (Å²) in [6, 6.07) is 9.81. The summed E-state index contributed by atoms with van der Waals surface area (Å²) in [5.41, 5.74) is 1.85. The summed E-state index contributed by atoms with van der Waals surface area (Å²) in [6.07, 6.45) is 2.20. The van der Waals surface area contributed by atoms with E-state index in [9.17, 15) is 4.79 Å². The molecule has 1 aromatic carbocycles. The molecule has 0 bridgehead atoms. The Bertz CT molecular complexity index is 899. The molecular weight excluding hydrogens is 318 g/mol. The van der Waals surface area contributed by atoms with E-state index in [2.05, 4.69) is 27.3 Å². The second-order valence-electron chi connectivity index (χ2n) is 6.24. The van der Waals surface area contributed by atoms with Crippen molar-refractivity contribution in [3.63, 3.8) is 0 Å². The molecule has 0 aliphatic carbocycles. The molecule has 0 saturated heterocycles. The van der Waals surface area contributed by atoms with Crippen molar-refractivity contribution in [1.29, 1.82) is 0 Å². The Kier molecular flexibility index (Phi) is 3.83. The first kappa shape index (κ1) is 15.6. The van der Waals surface area contributed by atoms with Crippen molar-refractivity contribution in [2.75, 3.05) is 6.54 Å². The van der Waals surface area contributed by atoms with Crippen molar-refractivity contribution >= 4 is 5.91 Å². The van der Waals surface area contributed by atoms with Gasteiger partial charge in [-0.2, -0.15) is 0 Å². The van der Waals surface area contributed by atoms with Gasteiger partial charge in [-0.05, 0) is 25.8 Å². The van der Waals surface area contributed by atoms with E-state index >= 15 is 0 Å². The van der Waals surface area contributed by atoms with Gasteiger partial charge >= 0.3 is 0 Å². The van der Waals surface area contributed by atoms with Gasteiger partial charge in [0.1, 0.15) is 17.5 Å². The van der Waals surface area contributed by atoms with Crippen molar-refractivity contribution in [2.45, 2.75) is 32.9 Å². The predicted octanol–water partition coefficient (Wildman–Crippen LogP) is 2.39. The number of hydrogen-bond donors (Lipinski definition) is 0. The van der Waals surface area contributed by atoms with E-state index in [1.165, 1.54) is 12.0 Å². The van der Waals surface area contributed by atoms with Gasteiger partial charge in [-0.25, -0.2) is 4.98 Å². The molecule has 0 fully saturated rings. The van der Waals surface area contributed by atoms with Gasteiger partial charge in [-0.15, -0.1) is 10.2 Å². The Hall–Kier alpha value is -2.96. The normalized spacial score (nSPS) is 17.0. The van der Waals surface area contributed by atoms with Gasteiger partial charge in [0.05, 0.1) is 6.54 Å². The summed E-state index contributed by atoms with van der Waals surface area (Å²) in [5.74, 6) is 2.11. The minimum absolute atomic E-state index is 0.0747. The number of nitrogens with zero attached hydrogens (tertiary/aromatic N) is 5. The smallest absolute Gasteiger partial charge is 0.245 e. The molecule has 3 aromatic rings. The first-order valence-corrected chi connectivity index (χ1v) is 8.32. The zero-order valence-corrected chi connectivity index (χ0v) is 14.2. The van der Waals surface area contributed by atoms with Gasteiger partial charge in [0.25, 0.3) is 0 Å². The summed E-state index contributed by atoms with van der Waals surface area (Å²) >= 11 is 0. The number of carbonyl (C=O) groups excluding carboxylic acids is 1. The molecule has 4 rings (SSSR count). The Labute approximate surface area is 145 Å². The number of rotatable bonds is 4. The average molecular weight is 337 g/mol. The van der Waals surface area contributed by atoms with Crippen LogP contribution in [0.15, 0.2) is 41.1 Å². The second-order valence-corrected chi connectivity index (χ2v) is 6.24. The molecule has 25 heavy (non-hydrogen) atoms. The molecule has 7 heteroatoms. The van der Waals surface area contributed by atoms with Crippen LogP contribution in [0.4, 0.5) is 0 Å². The first-order chi connectivity index (χ1) is 12.1. The summed E-state index contributed by atoms with van der Waals surface area (Å²) in [6.45, 7) is 4.83. The van der Waals surface area contributed by atoms with Crippen molar-refractivity contribution in [2.24, 2.45) is 0 Å². The maximum absolute atomic E-state index is 12.8. The number of aryl methyl sites for hydroxylation is 1. The largest absolute Gasteiger partial charge is 0.448 e. The molecule has 2 aromatic heterocycles. The summed E-state index contributed by atoms with van der Waals surface area (Å²) in [7, 11) is 0. The number of amides is 1. The first-order valence-electron chi connectivity index (χ1n) is 8.32. The van der Waals surface area contributed by atoms with Crippen LogP contribution in [0.2, 0.25) is 0 Å². The fourth-order valence-electron chi connectivity index (χ4n) is 3.24. The van der Waals surface area contributed by atoms with Gasteiger partial charge < -0.3 is 9.32 Å². The van der Waals surface area contributed by atoms with Crippen LogP contribution in [-0.4, -0.2) is 37.1 Å². The van der Waals surface area contributed by atoms with Gasteiger partial charge in [0.15, 0.2) is 18.0 Å². The summed E-state index contributed by atoms with van der Waals surface area (Å²) in [5, 5.41) is 8.53. The van der Waals surface area contributed by atoms with E-state index < -0.39 is 0 Å². The SMILES string of the molecule is Cc1ocnc1-c1nnc2n1[C@@H](C)C(=O)N(CCc1ccccc1)C2. The molecule has 1 aliphatic heterocycles. The van der Waals surface area contributed by atoms with Gasteiger partial charge in [0, 0.05) is 6.54 Å². The van der Waals surface area contributed by atoms with Gasteiger partial charge in [-0.1, -0.05) is 30.3 Å². The van der Waals surface area contributed by atoms with Crippen LogP contribution < -0.4 is 0 Å². The van der Waals surface area contributed by atoms with E-state index in [-0.39, 0.29) is 11.9 Å². The monoisotopic (exact) mass is 337 g/mol. The summed E-state index contributed by atoms with van der Waals surface area (Å²) < 4.78 is 7.13. The fourth-order valence-corrected chi connectivity index (χ4v) is 3.24. The number of carbonyl (C=O) groups is 1. The third kappa shape index (κ3) is 2.71. The van der Waals surface area contributed by atoms with E-state index in [0.717, 1.165) is 12.2 Å². The lowest BCUT2D eigenvalue weighted by Crippen LogP contribution is -2.42. The van der Waals surface area contributed by atoms with Crippen molar-refractivity contribution < 1.29 is 9.21 Å². The molecule has 0 unspecified atom stereocenters. The van der Waals surface area contributed by atoms with Gasteiger partial charge in [0.2, 0.25) is 5.91 Å². The Morgan fingerprint density at radius 3 is 2.76 bits per heavy atom. The molecular formula is C18H19N5O2. The minimum Gasteiger partial charge on any atom is -0.448 e. The van der Waals surface area contributed by atoms with E-state index in [1.807, 2.05) is 41.5 Å². The lowest BCUT2D eigenvalue weighted by atomic mass is 10.1. The molecule has 1 amide bonds. The molecule has 128 valence electrons. The van der Waals surface area contributed by atoms with E-state index in [1.54, 1.807) is 0 Å². The number of aromatic nitrogens is 4. The third-order valence-corrected chi connectivity index (χ3v) is 4.62. The van der Waals surface area contributed by atoms with Crippen LogP contribution in [0, 0.1) is 6.92 Å². The Balaban J connectivity index is 1.58. The molecule has 7 nitrogen and oxygen atoms in total. The number of hydrogen-bond acceptors (Lipinski definition) is 5. The third-order valence-electron chi connectivity index (χ3n) is 4.62. The lowest BCUT2D eigenvalue weighted by molar-refractivity contribution is -0.136. The molecule has 0 radical (unpaired) electrons. The standard InChI is InChI=1S/C18H19N5O2/c1-12-18(24)22(9-8-14-6-4-3-5-7-14)10-15-20-21-17(23(12)15)16-13(2)25-11-19-16/h3-7,11-12H,8-10H2,1-2H3/t12-/m0/s1. The molecule has 1 atom stereocenters. The van der Waals surface area contributed by atoms with Crippen LogP contribution in [0.25, 0.3) is 11.5 Å². The van der Waals surface area contributed by atoms with Crippen LogP contribution in [0.1, 0.15) is 30.1 Å². The molecule has 0 saturated carbocycles.